The van der Waals surface area contributed by atoms with Gasteiger partial charge in [-0.2, -0.15) is 18.2 Å². The van der Waals surface area contributed by atoms with Crippen molar-refractivity contribution in [3.8, 4) is 0 Å². The second kappa shape index (κ2) is 6.32. The highest BCUT2D eigenvalue weighted by molar-refractivity contribution is 5.83. The van der Waals surface area contributed by atoms with Gasteiger partial charge in [-0.15, -0.1) is 0 Å². The van der Waals surface area contributed by atoms with Crippen molar-refractivity contribution in [2.24, 2.45) is 5.92 Å². The lowest BCUT2D eigenvalue weighted by Crippen LogP contribution is -2.44. The first kappa shape index (κ1) is 16.2. The van der Waals surface area contributed by atoms with E-state index in [1.165, 1.54) is 4.90 Å². The molecule has 1 aliphatic rings. The summed E-state index contributed by atoms with van der Waals surface area (Å²) in [6, 6.07) is 0. The van der Waals surface area contributed by atoms with Crippen LogP contribution in [0.4, 0.5) is 13.2 Å². The smallest absolute Gasteiger partial charge is 0.355 e. The summed E-state index contributed by atoms with van der Waals surface area (Å²) in [5.41, 5.74) is 0. The fourth-order valence-corrected chi connectivity index (χ4v) is 2.14. The monoisotopic (exact) mass is 320 g/mol. The molecule has 1 saturated heterocycles. The van der Waals surface area contributed by atoms with Crippen LogP contribution in [0.2, 0.25) is 0 Å². The third kappa shape index (κ3) is 3.95. The molecule has 1 N–H and O–H groups in total. The van der Waals surface area contributed by atoms with Crippen LogP contribution in [0.25, 0.3) is 0 Å². The molecule has 1 fully saturated rings. The van der Waals surface area contributed by atoms with Crippen LogP contribution in [0.3, 0.4) is 0 Å². The van der Waals surface area contributed by atoms with E-state index in [2.05, 4.69) is 20.0 Å². The Morgan fingerprint density at radius 3 is 2.82 bits per heavy atom. The fourth-order valence-electron chi connectivity index (χ4n) is 2.14. The van der Waals surface area contributed by atoms with Crippen molar-refractivity contribution in [2.75, 3.05) is 20.1 Å². The summed E-state index contributed by atoms with van der Waals surface area (Å²) in [7, 11) is 1.62. The van der Waals surface area contributed by atoms with Gasteiger partial charge in [-0.1, -0.05) is 5.16 Å². The Morgan fingerprint density at radius 1 is 1.50 bits per heavy atom. The number of amides is 2. The zero-order chi connectivity index (χ0) is 16.3. The topological polar surface area (TPSA) is 88.3 Å². The van der Waals surface area contributed by atoms with Crippen molar-refractivity contribution >= 4 is 11.8 Å². The highest BCUT2D eigenvalue weighted by Crippen LogP contribution is 2.27. The maximum Gasteiger partial charge on any atom is 0.471 e. The van der Waals surface area contributed by atoms with Crippen molar-refractivity contribution in [2.45, 2.75) is 25.4 Å². The molecule has 22 heavy (non-hydrogen) atoms. The van der Waals surface area contributed by atoms with Gasteiger partial charge in [0.25, 0.3) is 0 Å². The molecular formula is C12H15F3N4O3. The van der Waals surface area contributed by atoms with E-state index in [0.717, 1.165) is 0 Å². The number of rotatable bonds is 4. The molecule has 1 atom stereocenters. The first-order chi connectivity index (χ1) is 10.3. The number of halogens is 3. The third-order valence-corrected chi connectivity index (χ3v) is 3.36. The number of carbonyl (C=O) groups excluding carboxylic acids is 2. The van der Waals surface area contributed by atoms with Crippen LogP contribution in [-0.2, 0) is 22.2 Å². The van der Waals surface area contributed by atoms with Gasteiger partial charge in [-0.3, -0.25) is 9.59 Å². The molecule has 0 saturated carbocycles. The molecule has 0 unspecified atom stereocenters. The molecule has 0 bridgehead atoms. The summed E-state index contributed by atoms with van der Waals surface area (Å²) in [6.07, 6.45) is -3.86. The summed E-state index contributed by atoms with van der Waals surface area (Å²) >= 11 is 0. The Bertz CT molecular complexity index is 558. The molecule has 2 amide bonds. The van der Waals surface area contributed by atoms with Gasteiger partial charge in [0.15, 0.2) is 5.82 Å². The fraction of sp³-hybridized carbons (Fsp3) is 0.667. The SMILES string of the molecule is CN1C[C@@H](C(=O)NCCc2noc(C(F)(F)F)n2)CCC1=O. The summed E-state index contributed by atoms with van der Waals surface area (Å²) in [4.78, 5) is 27.9. The zero-order valence-corrected chi connectivity index (χ0v) is 11.8. The highest BCUT2D eigenvalue weighted by atomic mass is 19.4. The van der Waals surface area contributed by atoms with Crippen LogP contribution in [0.5, 0.6) is 0 Å². The van der Waals surface area contributed by atoms with E-state index in [1.54, 1.807) is 7.05 Å². The molecule has 2 heterocycles. The molecule has 1 aromatic rings. The van der Waals surface area contributed by atoms with Crippen molar-refractivity contribution < 1.29 is 27.3 Å². The number of nitrogens with zero attached hydrogens (tertiary/aromatic N) is 3. The van der Waals surface area contributed by atoms with Gasteiger partial charge in [-0.25, -0.2) is 0 Å². The highest BCUT2D eigenvalue weighted by Gasteiger charge is 2.38. The molecular weight excluding hydrogens is 305 g/mol. The van der Waals surface area contributed by atoms with E-state index >= 15 is 0 Å². The molecule has 1 aromatic heterocycles. The zero-order valence-electron chi connectivity index (χ0n) is 11.8. The molecule has 0 aromatic carbocycles. The van der Waals surface area contributed by atoms with E-state index < -0.39 is 12.1 Å². The molecule has 7 nitrogen and oxygen atoms in total. The Hall–Kier alpha value is -2.13. The van der Waals surface area contributed by atoms with Crippen LogP contribution >= 0.6 is 0 Å². The van der Waals surface area contributed by atoms with E-state index in [1.807, 2.05) is 0 Å². The lowest BCUT2D eigenvalue weighted by Gasteiger charge is -2.28. The first-order valence-electron chi connectivity index (χ1n) is 6.69. The standard InChI is InChI=1S/C12H15F3N4O3/c1-19-6-7(2-3-9(19)20)10(21)16-5-4-8-17-11(22-18-8)12(13,14)15/h7H,2-6H2,1H3,(H,16,21)/t7-/m0/s1. The molecule has 0 spiro atoms. The number of piperidine rings is 1. The number of hydrogen-bond acceptors (Lipinski definition) is 5. The van der Waals surface area contributed by atoms with Crippen LogP contribution < -0.4 is 5.32 Å². The molecule has 0 aliphatic carbocycles. The Kier molecular flexibility index (Phi) is 4.67. The van der Waals surface area contributed by atoms with Gasteiger partial charge in [-0.05, 0) is 6.42 Å². The van der Waals surface area contributed by atoms with E-state index in [-0.39, 0.29) is 36.5 Å². The third-order valence-electron chi connectivity index (χ3n) is 3.36. The maximum absolute atomic E-state index is 12.3. The Balaban J connectivity index is 1.78. The second-order valence-corrected chi connectivity index (χ2v) is 5.06. The minimum atomic E-state index is -4.67. The molecule has 1 aliphatic heterocycles. The average molecular weight is 320 g/mol. The average Bonchev–Trinajstić information content (AvgIpc) is 2.90. The minimum Gasteiger partial charge on any atom is -0.355 e. The first-order valence-corrected chi connectivity index (χ1v) is 6.69. The number of aromatic nitrogens is 2. The Morgan fingerprint density at radius 2 is 2.23 bits per heavy atom. The van der Waals surface area contributed by atoms with E-state index in [4.69, 9.17) is 0 Å². The summed E-state index contributed by atoms with van der Waals surface area (Å²) < 4.78 is 40.9. The molecule has 0 radical (unpaired) electrons. The van der Waals surface area contributed by atoms with Gasteiger partial charge >= 0.3 is 12.1 Å². The number of carbonyl (C=O) groups is 2. The molecule has 2 rings (SSSR count). The number of nitrogens with one attached hydrogen (secondary N) is 1. The van der Waals surface area contributed by atoms with Gasteiger partial charge in [0.05, 0.1) is 5.92 Å². The largest absolute Gasteiger partial charge is 0.471 e. The summed E-state index contributed by atoms with van der Waals surface area (Å²) in [5.74, 6) is -2.07. The Labute approximate surface area is 123 Å². The van der Waals surface area contributed by atoms with Crippen LogP contribution in [0, 0.1) is 5.92 Å². The van der Waals surface area contributed by atoms with Crippen molar-refractivity contribution in [1.82, 2.24) is 20.4 Å². The van der Waals surface area contributed by atoms with Crippen molar-refractivity contribution in [1.29, 1.82) is 0 Å². The van der Waals surface area contributed by atoms with Gasteiger partial charge in [0.1, 0.15) is 0 Å². The predicted molar refractivity (Wildman–Crippen MR) is 66.4 cm³/mol. The lowest BCUT2D eigenvalue weighted by molar-refractivity contribution is -0.159. The van der Waals surface area contributed by atoms with Gasteiger partial charge < -0.3 is 14.7 Å². The van der Waals surface area contributed by atoms with Gasteiger partial charge in [0.2, 0.25) is 11.8 Å². The molecule has 10 heteroatoms. The van der Waals surface area contributed by atoms with E-state index in [0.29, 0.717) is 19.4 Å². The van der Waals surface area contributed by atoms with Crippen molar-refractivity contribution in [3.05, 3.63) is 11.7 Å². The lowest BCUT2D eigenvalue weighted by atomic mass is 9.97. The van der Waals surface area contributed by atoms with Crippen LogP contribution in [0.15, 0.2) is 4.52 Å². The van der Waals surface area contributed by atoms with Crippen LogP contribution in [-0.4, -0.2) is 47.0 Å². The summed E-state index contributed by atoms with van der Waals surface area (Å²) in [6.45, 7) is 0.439. The second-order valence-electron chi connectivity index (χ2n) is 5.06. The van der Waals surface area contributed by atoms with Gasteiger partial charge in [0, 0.05) is 33.0 Å². The summed E-state index contributed by atoms with van der Waals surface area (Å²) in [5, 5.41) is 5.81. The number of hydrogen-bond donors (Lipinski definition) is 1. The maximum atomic E-state index is 12.3. The molecule has 122 valence electrons. The van der Waals surface area contributed by atoms with Crippen molar-refractivity contribution in [3.63, 3.8) is 0 Å². The predicted octanol–water partition coefficient (Wildman–Crippen LogP) is 0.616. The normalized spacial score (nSPS) is 19.4. The quantitative estimate of drug-likeness (QED) is 0.878. The van der Waals surface area contributed by atoms with Crippen LogP contribution in [0.1, 0.15) is 24.6 Å². The number of alkyl halides is 3. The minimum absolute atomic E-state index is 0.00414. The van der Waals surface area contributed by atoms with E-state index in [9.17, 15) is 22.8 Å². The number of likely N-dealkylation sites (tertiary alicyclic amines) is 1.